The summed E-state index contributed by atoms with van der Waals surface area (Å²) in [5, 5.41) is 3.01. The maximum atomic E-state index is 12.3. The molecule has 0 saturated carbocycles. The van der Waals surface area contributed by atoms with E-state index in [2.05, 4.69) is 26.1 Å². The van der Waals surface area contributed by atoms with Gasteiger partial charge < -0.3 is 24.4 Å². The fourth-order valence-corrected chi connectivity index (χ4v) is 3.42. The van der Waals surface area contributed by atoms with Crippen molar-refractivity contribution < 1.29 is 19.0 Å². The van der Waals surface area contributed by atoms with E-state index in [0.717, 1.165) is 48.4 Å². The molecule has 0 spiro atoms. The Kier molecular flexibility index (Phi) is 7.10. The van der Waals surface area contributed by atoms with Gasteiger partial charge >= 0.3 is 0 Å². The number of nitrogens with zero attached hydrogens (tertiary/aromatic N) is 1. The Morgan fingerprint density at radius 3 is 2.92 bits per heavy atom. The first kappa shape index (κ1) is 18.6. The number of benzene rings is 1. The lowest BCUT2D eigenvalue weighted by Gasteiger charge is -2.30. The molecule has 3 rings (SSSR count). The highest BCUT2D eigenvalue weighted by Gasteiger charge is 2.17. The summed E-state index contributed by atoms with van der Waals surface area (Å²) < 4.78 is 17.4. The molecule has 2 fully saturated rings. The van der Waals surface area contributed by atoms with Crippen LogP contribution in [0, 0.1) is 0 Å². The van der Waals surface area contributed by atoms with Crippen LogP contribution in [0.25, 0.3) is 0 Å². The highest BCUT2D eigenvalue weighted by molar-refractivity contribution is 9.10. The van der Waals surface area contributed by atoms with E-state index in [-0.39, 0.29) is 12.0 Å². The molecule has 2 saturated heterocycles. The van der Waals surface area contributed by atoms with Gasteiger partial charge in [-0.15, -0.1) is 0 Å². The van der Waals surface area contributed by atoms with Gasteiger partial charge in [0.1, 0.15) is 0 Å². The van der Waals surface area contributed by atoms with E-state index in [1.807, 2.05) is 18.2 Å². The molecule has 2 aliphatic heterocycles. The molecule has 0 bridgehead atoms. The number of carbonyl (C=O) groups excluding carboxylic acids is 1. The van der Waals surface area contributed by atoms with Gasteiger partial charge in [-0.25, -0.2) is 0 Å². The number of hydrogen-bond donors (Lipinski definition) is 1. The van der Waals surface area contributed by atoms with E-state index in [0.29, 0.717) is 32.8 Å². The van der Waals surface area contributed by atoms with Crippen molar-refractivity contribution in [1.29, 1.82) is 0 Å². The molecule has 1 aromatic rings. The molecule has 2 aliphatic rings. The van der Waals surface area contributed by atoms with Crippen molar-refractivity contribution in [2.24, 2.45) is 0 Å². The summed E-state index contributed by atoms with van der Waals surface area (Å²) in [6, 6.07) is 5.96. The molecule has 1 amide bonds. The summed E-state index contributed by atoms with van der Waals surface area (Å²) in [6.45, 7) is 4.88. The number of carbonyl (C=O) groups is 1. The minimum Gasteiger partial charge on any atom is -0.378 e. The third-order valence-electron chi connectivity index (χ3n) is 4.39. The van der Waals surface area contributed by atoms with E-state index in [4.69, 9.17) is 14.2 Å². The fraction of sp³-hybridized carbons (Fsp3) is 0.611. The lowest BCUT2D eigenvalue weighted by atomic mass is 10.2. The Bertz CT molecular complexity index is 572. The zero-order valence-corrected chi connectivity index (χ0v) is 15.9. The Hall–Kier alpha value is -1.15. The number of anilines is 2. The van der Waals surface area contributed by atoms with Crippen molar-refractivity contribution in [3.05, 3.63) is 22.7 Å². The summed E-state index contributed by atoms with van der Waals surface area (Å²) in [5.74, 6) is -0.0417. The highest BCUT2D eigenvalue weighted by Crippen LogP contribution is 2.30. The number of nitrogens with one attached hydrogen (secondary N) is 1. The first-order valence-electron chi connectivity index (χ1n) is 8.84. The quantitative estimate of drug-likeness (QED) is 0.697. The third-order valence-corrected chi connectivity index (χ3v) is 4.88. The number of morpholine rings is 1. The molecule has 0 radical (unpaired) electrons. The van der Waals surface area contributed by atoms with Crippen molar-refractivity contribution in [3.8, 4) is 0 Å². The topological polar surface area (TPSA) is 60.0 Å². The normalized spacial score (nSPS) is 20.7. The molecule has 0 aromatic heterocycles. The van der Waals surface area contributed by atoms with Gasteiger partial charge in [-0.2, -0.15) is 0 Å². The largest absolute Gasteiger partial charge is 0.378 e. The predicted octanol–water partition coefficient (Wildman–Crippen LogP) is 2.81. The van der Waals surface area contributed by atoms with Crippen LogP contribution in [0.2, 0.25) is 0 Å². The van der Waals surface area contributed by atoms with E-state index in [1.54, 1.807) is 0 Å². The zero-order valence-electron chi connectivity index (χ0n) is 14.3. The van der Waals surface area contributed by atoms with E-state index < -0.39 is 0 Å². The molecular formula is C18H25BrN2O4. The van der Waals surface area contributed by atoms with Crippen LogP contribution in [-0.2, 0) is 19.0 Å². The highest BCUT2D eigenvalue weighted by atomic mass is 79.9. The van der Waals surface area contributed by atoms with Crippen LogP contribution < -0.4 is 10.2 Å². The van der Waals surface area contributed by atoms with Crippen molar-refractivity contribution >= 4 is 33.2 Å². The van der Waals surface area contributed by atoms with Gasteiger partial charge in [-0.1, -0.05) is 15.9 Å². The average Bonchev–Trinajstić information content (AvgIpc) is 3.13. The lowest BCUT2D eigenvalue weighted by Crippen LogP contribution is -2.36. The number of amides is 1. The smallest absolute Gasteiger partial charge is 0.226 e. The Morgan fingerprint density at radius 2 is 2.16 bits per heavy atom. The third kappa shape index (κ3) is 5.67. The Labute approximate surface area is 156 Å². The molecule has 6 nitrogen and oxygen atoms in total. The fourth-order valence-electron chi connectivity index (χ4n) is 3.06. The van der Waals surface area contributed by atoms with Crippen molar-refractivity contribution in [3.63, 3.8) is 0 Å². The number of hydrogen-bond acceptors (Lipinski definition) is 5. The second-order valence-corrected chi connectivity index (χ2v) is 7.18. The van der Waals surface area contributed by atoms with Crippen molar-refractivity contribution in [2.45, 2.75) is 25.4 Å². The number of rotatable bonds is 7. The minimum atomic E-state index is -0.0417. The molecule has 25 heavy (non-hydrogen) atoms. The molecule has 138 valence electrons. The van der Waals surface area contributed by atoms with Crippen LogP contribution in [-0.4, -0.2) is 58.1 Å². The second-order valence-electron chi connectivity index (χ2n) is 6.27. The summed E-state index contributed by atoms with van der Waals surface area (Å²) in [4.78, 5) is 14.5. The molecule has 1 N–H and O–H groups in total. The minimum absolute atomic E-state index is 0.0417. The molecule has 1 aromatic carbocycles. The van der Waals surface area contributed by atoms with Crippen LogP contribution in [0.5, 0.6) is 0 Å². The first-order chi connectivity index (χ1) is 12.2. The predicted molar refractivity (Wildman–Crippen MR) is 100 cm³/mol. The maximum Gasteiger partial charge on any atom is 0.226 e. The van der Waals surface area contributed by atoms with Gasteiger partial charge in [-0.05, 0) is 31.0 Å². The van der Waals surface area contributed by atoms with Crippen LogP contribution in [0.1, 0.15) is 19.3 Å². The summed E-state index contributed by atoms with van der Waals surface area (Å²) in [6.07, 6.45) is 2.68. The standard InChI is InChI=1S/C18H25BrN2O4/c19-14-3-4-17(21-6-10-23-11-7-21)16(12-14)20-18(22)5-9-24-13-15-2-1-8-25-15/h3-4,12,15H,1-2,5-11,13H2,(H,20,22). The zero-order chi connectivity index (χ0) is 17.5. The molecular weight excluding hydrogens is 388 g/mol. The summed E-state index contributed by atoms with van der Waals surface area (Å²) in [7, 11) is 0. The monoisotopic (exact) mass is 412 g/mol. The molecule has 1 atom stereocenters. The summed E-state index contributed by atoms with van der Waals surface area (Å²) >= 11 is 3.48. The number of halogens is 1. The van der Waals surface area contributed by atoms with Crippen LogP contribution in [0.15, 0.2) is 22.7 Å². The Balaban J connectivity index is 1.50. The van der Waals surface area contributed by atoms with E-state index >= 15 is 0 Å². The second kappa shape index (κ2) is 9.52. The molecule has 0 aliphatic carbocycles. The summed E-state index contributed by atoms with van der Waals surface area (Å²) in [5.41, 5.74) is 1.85. The van der Waals surface area contributed by atoms with Crippen molar-refractivity contribution in [2.75, 3.05) is 56.3 Å². The average molecular weight is 413 g/mol. The van der Waals surface area contributed by atoms with Crippen molar-refractivity contribution in [1.82, 2.24) is 0 Å². The van der Waals surface area contributed by atoms with Crippen LogP contribution >= 0.6 is 15.9 Å². The lowest BCUT2D eigenvalue weighted by molar-refractivity contribution is -0.117. The van der Waals surface area contributed by atoms with Gasteiger partial charge in [0.25, 0.3) is 0 Å². The van der Waals surface area contributed by atoms with Gasteiger partial charge in [0, 0.05) is 24.2 Å². The van der Waals surface area contributed by atoms with E-state index in [9.17, 15) is 4.79 Å². The van der Waals surface area contributed by atoms with Gasteiger partial charge in [0.15, 0.2) is 0 Å². The number of ether oxygens (including phenoxy) is 3. The van der Waals surface area contributed by atoms with Gasteiger partial charge in [0.2, 0.25) is 5.91 Å². The molecule has 2 heterocycles. The van der Waals surface area contributed by atoms with Crippen LogP contribution in [0.3, 0.4) is 0 Å². The first-order valence-corrected chi connectivity index (χ1v) is 9.63. The Morgan fingerprint density at radius 1 is 1.32 bits per heavy atom. The molecule has 1 unspecified atom stereocenters. The van der Waals surface area contributed by atoms with Crippen LogP contribution in [0.4, 0.5) is 11.4 Å². The van der Waals surface area contributed by atoms with Gasteiger partial charge in [-0.3, -0.25) is 4.79 Å². The molecule has 7 heteroatoms. The SMILES string of the molecule is O=C(CCOCC1CCCO1)Nc1cc(Br)ccc1N1CCOCC1. The van der Waals surface area contributed by atoms with Gasteiger partial charge in [0.05, 0.1) is 50.3 Å². The van der Waals surface area contributed by atoms with E-state index in [1.165, 1.54) is 0 Å². The maximum absolute atomic E-state index is 12.3.